The molecule has 0 amide bonds. The molecule has 114 valence electrons. The summed E-state index contributed by atoms with van der Waals surface area (Å²) < 4.78 is 1.94. The SMILES string of the molecule is CCCNCC(C)c1c(C)nc(-c2nccn2C)nc1C. The van der Waals surface area contributed by atoms with Gasteiger partial charge in [-0.2, -0.15) is 0 Å². The van der Waals surface area contributed by atoms with Crippen LogP contribution in [0.1, 0.15) is 43.1 Å². The third-order valence-electron chi connectivity index (χ3n) is 3.72. The zero-order chi connectivity index (χ0) is 15.4. The number of hydrogen-bond acceptors (Lipinski definition) is 4. The van der Waals surface area contributed by atoms with Crippen LogP contribution in [0.3, 0.4) is 0 Å². The second-order valence-electron chi connectivity index (χ2n) is 5.60. The van der Waals surface area contributed by atoms with E-state index in [1.54, 1.807) is 6.20 Å². The molecule has 0 fully saturated rings. The summed E-state index contributed by atoms with van der Waals surface area (Å²) in [6, 6.07) is 0. The fourth-order valence-corrected chi connectivity index (χ4v) is 2.72. The first kappa shape index (κ1) is 15.6. The minimum atomic E-state index is 0.409. The Morgan fingerprint density at radius 2 is 1.90 bits per heavy atom. The van der Waals surface area contributed by atoms with Gasteiger partial charge in [-0.05, 0) is 38.3 Å². The molecule has 0 radical (unpaired) electrons. The lowest BCUT2D eigenvalue weighted by atomic mass is 9.98. The third kappa shape index (κ3) is 3.47. The number of aromatic nitrogens is 4. The molecular formula is C16H25N5. The average molecular weight is 287 g/mol. The molecular weight excluding hydrogens is 262 g/mol. The van der Waals surface area contributed by atoms with E-state index in [1.165, 1.54) is 5.56 Å². The number of hydrogen-bond donors (Lipinski definition) is 1. The Balaban J connectivity index is 2.27. The molecule has 1 atom stereocenters. The van der Waals surface area contributed by atoms with Crippen LogP contribution in [0.5, 0.6) is 0 Å². The first-order chi connectivity index (χ1) is 10.0. The molecule has 0 saturated heterocycles. The fraction of sp³-hybridized carbons (Fsp3) is 0.562. The first-order valence-corrected chi connectivity index (χ1v) is 7.58. The molecule has 5 heteroatoms. The molecule has 0 aliphatic heterocycles. The van der Waals surface area contributed by atoms with Gasteiger partial charge >= 0.3 is 0 Å². The molecule has 0 bridgehead atoms. The van der Waals surface area contributed by atoms with Crippen molar-refractivity contribution in [2.45, 2.75) is 40.0 Å². The van der Waals surface area contributed by atoms with E-state index >= 15 is 0 Å². The quantitative estimate of drug-likeness (QED) is 0.830. The maximum atomic E-state index is 4.66. The molecule has 0 aromatic carbocycles. The van der Waals surface area contributed by atoms with Gasteiger partial charge in [0.25, 0.3) is 0 Å². The summed E-state index contributed by atoms with van der Waals surface area (Å²) in [6.45, 7) is 10.5. The fourth-order valence-electron chi connectivity index (χ4n) is 2.72. The van der Waals surface area contributed by atoms with Gasteiger partial charge in [-0.15, -0.1) is 0 Å². The van der Waals surface area contributed by atoms with Gasteiger partial charge in [-0.3, -0.25) is 0 Å². The van der Waals surface area contributed by atoms with Crippen LogP contribution in [-0.2, 0) is 7.05 Å². The summed E-state index contributed by atoms with van der Waals surface area (Å²) >= 11 is 0. The molecule has 2 heterocycles. The van der Waals surface area contributed by atoms with Crippen LogP contribution < -0.4 is 5.32 Å². The van der Waals surface area contributed by atoms with Gasteiger partial charge < -0.3 is 9.88 Å². The summed E-state index contributed by atoms with van der Waals surface area (Å²) in [7, 11) is 1.96. The Hall–Kier alpha value is -1.75. The van der Waals surface area contributed by atoms with Crippen molar-refractivity contribution in [1.82, 2.24) is 24.8 Å². The van der Waals surface area contributed by atoms with Gasteiger partial charge in [-0.25, -0.2) is 15.0 Å². The van der Waals surface area contributed by atoms with Crippen molar-refractivity contribution in [2.75, 3.05) is 13.1 Å². The van der Waals surface area contributed by atoms with Gasteiger partial charge in [-0.1, -0.05) is 13.8 Å². The molecule has 2 rings (SSSR count). The third-order valence-corrected chi connectivity index (χ3v) is 3.72. The van der Waals surface area contributed by atoms with Crippen molar-refractivity contribution in [3.63, 3.8) is 0 Å². The van der Waals surface area contributed by atoms with E-state index in [9.17, 15) is 0 Å². The Kier molecular flexibility index (Phi) is 5.07. The minimum Gasteiger partial charge on any atom is -0.331 e. The van der Waals surface area contributed by atoms with E-state index in [2.05, 4.69) is 48.0 Å². The topological polar surface area (TPSA) is 55.6 Å². The highest BCUT2D eigenvalue weighted by Crippen LogP contribution is 2.23. The summed E-state index contributed by atoms with van der Waals surface area (Å²) in [5.41, 5.74) is 3.34. The highest BCUT2D eigenvalue weighted by Gasteiger charge is 2.17. The van der Waals surface area contributed by atoms with Crippen molar-refractivity contribution in [3.05, 3.63) is 29.3 Å². The highest BCUT2D eigenvalue weighted by atomic mass is 15.1. The van der Waals surface area contributed by atoms with E-state index < -0.39 is 0 Å². The Bertz CT molecular complexity index is 579. The summed E-state index contributed by atoms with van der Waals surface area (Å²) in [5, 5.41) is 3.47. The van der Waals surface area contributed by atoms with Gasteiger partial charge in [0, 0.05) is 37.4 Å². The van der Waals surface area contributed by atoms with E-state index in [-0.39, 0.29) is 0 Å². The number of imidazole rings is 1. The van der Waals surface area contributed by atoms with Crippen LogP contribution in [0, 0.1) is 13.8 Å². The second-order valence-corrected chi connectivity index (χ2v) is 5.60. The van der Waals surface area contributed by atoms with E-state index in [4.69, 9.17) is 0 Å². The molecule has 0 aliphatic carbocycles. The molecule has 0 saturated carbocycles. The van der Waals surface area contributed by atoms with E-state index in [0.29, 0.717) is 11.7 Å². The predicted octanol–water partition coefficient (Wildman–Crippen LogP) is 2.60. The Morgan fingerprint density at radius 1 is 1.24 bits per heavy atom. The van der Waals surface area contributed by atoms with Crippen molar-refractivity contribution >= 4 is 0 Å². The monoisotopic (exact) mass is 287 g/mol. The summed E-state index contributed by atoms with van der Waals surface area (Å²) in [4.78, 5) is 13.7. The average Bonchev–Trinajstić information content (AvgIpc) is 2.84. The van der Waals surface area contributed by atoms with Crippen LogP contribution in [0.2, 0.25) is 0 Å². The smallest absolute Gasteiger partial charge is 0.196 e. The van der Waals surface area contributed by atoms with Gasteiger partial charge in [0.05, 0.1) is 0 Å². The number of nitrogens with zero attached hydrogens (tertiary/aromatic N) is 4. The lowest BCUT2D eigenvalue weighted by molar-refractivity contribution is 0.601. The minimum absolute atomic E-state index is 0.409. The van der Waals surface area contributed by atoms with E-state index in [1.807, 2.05) is 17.8 Å². The van der Waals surface area contributed by atoms with Crippen molar-refractivity contribution in [2.24, 2.45) is 7.05 Å². The van der Waals surface area contributed by atoms with Crippen molar-refractivity contribution < 1.29 is 0 Å². The summed E-state index contributed by atoms with van der Waals surface area (Å²) in [6.07, 6.45) is 4.84. The standard InChI is InChI=1S/C16H25N5/c1-6-7-17-10-11(2)14-12(3)19-15(20-13(14)4)16-18-8-9-21(16)5/h8-9,11,17H,6-7,10H2,1-5H3. The van der Waals surface area contributed by atoms with Gasteiger partial charge in [0.1, 0.15) is 0 Å². The second kappa shape index (κ2) is 6.80. The van der Waals surface area contributed by atoms with Gasteiger partial charge in [0.2, 0.25) is 0 Å². The van der Waals surface area contributed by atoms with Gasteiger partial charge in [0.15, 0.2) is 11.6 Å². The molecule has 21 heavy (non-hydrogen) atoms. The van der Waals surface area contributed by atoms with Crippen LogP contribution in [0.15, 0.2) is 12.4 Å². The molecule has 1 N–H and O–H groups in total. The number of nitrogens with one attached hydrogen (secondary N) is 1. The Labute approximate surface area is 126 Å². The summed E-state index contributed by atoms with van der Waals surface area (Å²) in [5.74, 6) is 1.92. The van der Waals surface area contributed by atoms with Crippen LogP contribution >= 0.6 is 0 Å². The van der Waals surface area contributed by atoms with E-state index in [0.717, 1.165) is 36.7 Å². The predicted molar refractivity (Wildman–Crippen MR) is 85.3 cm³/mol. The highest BCUT2D eigenvalue weighted by molar-refractivity contribution is 5.46. The van der Waals surface area contributed by atoms with Crippen LogP contribution in [0.25, 0.3) is 11.6 Å². The normalized spacial score (nSPS) is 12.6. The lowest BCUT2D eigenvalue weighted by Gasteiger charge is -2.17. The molecule has 1 unspecified atom stereocenters. The lowest BCUT2D eigenvalue weighted by Crippen LogP contribution is -2.22. The molecule has 0 spiro atoms. The van der Waals surface area contributed by atoms with Crippen LogP contribution in [-0.4, -0.2) is 32.6 Å². The zero-order valence-corrected chi connectivity index (χ0v) is 13.6. The zero-order valence-electron chi connectivity index (χ0n) is 13.6. The largest absolute Gasteiger partial charge is 0.331 e. The molecule has 5 nitrogen and oxygen atoms in total. The van der Waals surface area contributed by atoms with Crippen molar-refractivity contribution in [3.8, 4) is 11.6 Å². The maximum Gasteiger partial charge on any atom is 0.196 e. The molecule has 2 aromatic heterocycles. The molecule has 2 aromatic rings. The number of rotatable bonds is 6. The number of aryl methyl sites for hydroxylation is 3. The maximum absolute atomic E-state index is 4.66. The Morgan fingerprint density at radius 3 is 2.43 bits per heavy atom. The first-order valence-electron chi connectivity index (χ1n) is 7.58. The van der Waals surface area contributed by atoms with Crippen molar-refractivity contribution in [1.29, 1.82) is 0 Å². The molecule has 0 aliphatic rings. The van der Waals surface area contributed by atoms with Crippen LogP contribution in [0.4, 0.5) is 0 Å².